The molecule has 2 bridgehead atoms. The van der Waals surface area contributed by atoms with Crippen molar-refractivity contribution in [3.8, 4) is 11.5 Å². The molecule has 5 nitrogen and oxygen atoms in total. The molecule has 25 heavy (non-hydrogen) atoms. The number of fused-ring (bicyclic) bond motifs is 2. The van der Waals surface area contributed by atoms with Gasteiger partial charge < -0.3 is 20.1 Å². The van der Waals surface area contributed by atoms with E-state index in [2.05, 4.69) is 17.2 Å². The lowest BCUT2D eigenvalue weighted by Crippen LogP contribution is -2.48. The number of hydrogen-bond acceptors (Lipinski definition) is 4. The molecule has 1 aromatic rings. The van der Waals surface area contributed by atoms with Crippen LogP contribution in [-0.4, -0.2) is 38.3 Å². The van der Waals surface area contributed by atoms with Crippen LogP contribution in [0, 0.1) is 0 Å². The highest BCUT2D eigenvalue weighted by Gasteiger charge is 2.34. The van der Waals surface area contributed by atoms with Gasteiger partial charge in [0.25, 0.3) is 5.91 Å². The predicted molar refractivity (Wildman–Crippen MR) is 101 cm³/mol. The molecular weight excluding hydrogens is 340 g/mol. The molecule has 2 N–H and O–H groups in total. The van der Waals surface area contributed by atoms with Gasteiger partial charge in [-0.1, -0.05) is 6.08 Å². The highest BCUT2D eigenvalue weighted by atomic mass is 35.5. The number of halogens is 1. The molecule has 2 aliphatic heterocycles. The standard InChI is InChI=1S/C19H26N2O3.ClH/c1-4-5-12-8-13(9-17(23-2)18(12)24-3)19(22)21-16-10-14-6-7-15(11-16)20-14;/h4,8-9,14-16,20H,1,5-7,10-11H2,2-3H3,(H,21,22);1H. The van der Waals surface area contributed by atoms with Gasteiger partial charge in [0, 0.05) is 29.3 Å². The molecule has 3 rings (SSSR count). The number of benzene rings is 1. The third kappa shape index (κ3) is 4.28. The third-order valence-electron chi connectivity index (χ3n) is 4.99. The van der Waals surface area contributed by atoms with Gasteiger partial charge in [-0.3, -0.25) is 4.79 Å². The summed E-state index contributed by atoms with van der Waals surface area (Å²) in [6, 6.07) is 4.96. The second kappa shape index (κ2) is 8.59. The largest absolute Gasteiger partial charge is 0.493 e. The molecule has 0 aliphatic carbocycles. The van der Waals surface area contributed by atoms with Crippen molar-refractivity contribution in [1.29, 1.82) is 0 Å². The van der Waals surface area contributed by atoms with Crippen LogP contribution in [0.15, 0.2) is 24.8 Å². The molecule has 2 unspecified atom stereocenters. The normalized spacial score (nSPS) is 24.2. The van der Waals surface area contributed by atoms with Crippen LogP contribution in [0.2, 0.25) is 0 Å². The second-order valence-corrected chi connectivity index (χ2v) is 6.64. The van der Waals surface area contributed by atoms with Crippen LogP contribution in [0.5, 0.6) is 11.5 Å². The Balaban J connectivity index is 0.00000225. The van der Waals surface area contributed by atoms with Crippen molar-refractivity contribution in [2.45, 2.75) is 50.2 Å². The molecule has 138 valence electrons. The molecule has 2 saturated heterocycles. The number of methoxy groups -OCH3 is 2. The first-order valence-electron chi connectivity index (χ1n) is 8.57. The van der Waals surface area contributed by atoms with Gasteiger partial charge in [-0.25, -0.2) is 0 Å². The van der Waals surface area contributed by atoms with E-state index in [4.69, 9.17) is 9.47 Å². The Kier molecular flexibility index (Phi) is 6.73. The average Bonchev–Trinajstić information content (AvgIpc) is 2.92. The number of ether oxygens (including phenoxy) is 2. The van der Waals surface area contributed by atoms with Crippen LogP contribution in [0.3, 0.4) is 0 Å². The minimum Gasteiger partial charge on any atom is -0.493 e. The van der Waals surface area contributed by atoms with Gasteiger partial charge in [-0.05, 0) is 44.2 Å². The molecule has 2 heterocycles. The molecule has 2 atom stereocenters. The van der Waals surface area contributed by atoms with Crippen LogP contribution >= 0.6 is 12.4 Å². The molecule has 0 saturated carbocycles. The van der Waals surface area contributed by atoms with Gasteiger partial charge in [0.2, 0.25) is 0 Å². The predicted octanol–water partition coefficient (Wildman–Crippen LogP) is 2.87. The zero-order chi connectivity index (χ0) is 17.1. The van der Waals surface area contributed by atoms with Crippen molar-refractivity contribution < 1.29 is 14.3 Å². The zero-order valence-electron chi connectivity index (χ0n) is 14.8. The Hall–Kier alpha value is -1.72. The van der Waals surface area contributed by atoms with Gasteiger partial charge in [0.15, 0.2) is 11.5 Å². The van der Waals surface area contributed by atoms with Crippen molar-refractivity contribution in [3.63, 3.8) is 0 Å². The number of allylic oxidation sites excluding steroid dienone is 1. The molecule has 1 aromatic carbocycles. The summed E-state index contributed by atoms with van der Waals surface area (Å²) in [6.07, 6.45) is 6.87. The number of carbonyl (C=O) groups excluding carboxylic acids is 1. The second-order valence-electron chi connectivity index (χ2n) is 6.64. The molecule has 0 radical (unpaired) electrons. The number of carbonyl (C=O) groups is 1. The lowest BCUT2D eigenvalue weighted by Gasteiger charge is -2.29. The van der Waals surface area contributed by atoms with Crippen LogP contribution in [0.4, 0.5) is 0 Å². The summed E-state index contributed by atoms with van der Waals surface area (Å²) in [4.78, 5) is 12.7. The van der Waals surface area contributed by atoms with Gasteiger partial charge in [-0.15, -0.1) is 19.0 Å². The van der Waals surface area contributed by atoms with E-state index >= 15 is 0 Å². The molecule has 0 aromatic heterocycles. The smallest absolute Gasteiger partial charge is 0.251 e. The Labute approximate surface area is 155 Å². The number of nitrogens with one attached hydrogen (secondary N) is 2. The Morgan fingerprint density at radius 2 is 1.96 bits per heavy atom. The van der Waals surface area contributed by atoms with Gasteiger partial charge in [0.1, 0.15) is 0 Å². The summed E-state index contributed by atoms with van der Waals surface area (Å²) in [5.74, 6) is 1.19. The van der Waals surface area contributed by atoms with Crippen LogP contribution in [0.25, 0.3) is 0 Å². The van der Waals surface area contributed by atoms with E-state index < -0.39 is 0 Å². The van der Waals surface area contributed by atoms with E-state index in [1.807, 2.05) is 6.07 Å². The quantitative estimate of drug-likeness (QED) is 0.760. The number of amides is 1. The topological polar surface area (TPSA) is 59.6 Å². The number of hydrogen-bond donors (Lipinski definition) is 2. The lowest BCUT2D eigenvalue weighted by atomic mass is 9.99. The summed E-state index contributed by atoms with van der Waals surface area (Å²) in [7, 11) is 3.19. The maximum atomic E-state index is 12.7. The fourth-order valence-corrected chi connectivity index (χ4v) is 3.93. The highest BCUT2D eigenvalue weighted by molar-refractivity contribution is 5.95. The van der Waals surface area contributed by atoms with Crippen LogP contribution < -0.4 is 20.1 Å². The molecule has 6 heteroatoms. The SMILES string of the molecule is C=CCc1cc(C(=O)NC2CC3CCC(C2)N3)cc(OC)c1OC.Cl. The van der Waals surface area contributed by atoms with Gasteiger partial charge in [0.05, 0.1) is 14.2 Å². The van der Waals surface area contributed by atoms with Crippen molar-refractivity contribution in [2.24, 2.45) is 0 Å². The van der Waals surface area contributed by atoms with Crippen molar-refractivity contribution in [1.82, 2.24) is 10.6 Å². The number of piperidine rings is 1. The average molecular weight is 367 g/mol. The van der Waals surface area contributed by atoms with E-state index in [1.165, 1.54) is 12.8 Å². The summed E-state index contributed by atoms with van der Waals surface area (Å²) >= 11 is 0. The summed E-state index contributed by atoms with van der Waals surface area (Å²) < 4.78 is 10.8. The fraction of sp³-hybridized carbons (Fsp3) is 0.526. The lowest BCUT2D eigenvalue weighted by molar-refractivity contribution is 0.0923. The Morgan fingerprint density at radius 3 is 2.52 bits per heavy atom. The first kappa shape index (κ1) is 19.6. The van der Waals surface area contributed by atoms with Crippen molar-refractivity contribution in [2.75, 3.05) is 14.2 Å². The molecule has 1 amide bonds. The van der Waals surface area contributed by atoms with E-state index in [-0.39, 0.29) is 24.4 Å². The Morgan fingerprint density at radius 1 is 1.28 bits per heavy atom. The first-order valence-corrected chi connectivity index (χ1v) is 8.57. The maximum Gasteiger partial charge on any atom is 0.251 e. The molecule has 2 aliphatic rings. The van der Waals surface area contributed by atoms with E-state index in [0.717, 1.165) is 18.4 Å². The Bertz CT molecular complexity index is 623. The molecule has 0 spiro atoms. The first-order chi connectivity index (χ1) is 11.6. The van der Waals surface area contributed by atoms with Crippen molar-refractivity contribution >= 4 is 18.3 Å². The third-order valence-corrected chi connectivity index (χ3v) is 4.99. The summed E-state index contributed by atoms with van der Waals surface area (Å²) in [5, 5.41) is 6.79. The summed E-state index contributed by atoms with van der Waals surface area (Å²) in [5.41, 5.74) is 1.51. The number of rotatable bonds is 6. The summed E-state index contributed by atoms with van der Waals surface area (Å²) in [6.45, 7) is 3.77. The molecular formula is C19H27ClN2O3. The monoisotopic (exact) mass is 366 g/mol. The minimum atomic E-state index is -0.0486. The highest BCUT2D eigenvalue weighted by Crippen LogP contribution is 2.33. The van der Waals surface area contributed by atoms with E-state index in [1.54, 1.807) is 26.4 Å². The van der Waals surface area contributed by atoms with E-state index in [9.17, 15) is 4.79 Å². The minimum absolute atomic E-state index is 0. The fourth-order valence-electron chi connectivity index (χ4n) is 3.93. The van der Waals surface area contributed by atoms with Crippen LogP contribution in [-0.2, 0) is 6.42 Å². The van der Waals surface area contributed by atoms with Gasteiger partial charge in [-0.2, -0.15) is 0 Å². The van der Waals surface area contributed by atoms with E-state index in [0.29, 0.717) is 35.6 Å². The maximum absolute atomic E-state index is 12.7. The van der Waals surface area contributed by atoms with Crippen LogP contribution in [0.1, 0.15) is 41.6 Å². The molecule has 2 fully saturated rings. The van der Waals surface area contributed by atoms with Gasteiger partial charge >= 0.3 is 0 Å². The zero-order valence-corrected chi connectivity index (χ0v) is 15.7. The van der Waals surface area contributed by atoms with Crippen molar-refractivity contribution in [3.05, 3.63) is 35.9 Å².